The van der Waals surface area contributed by atoms with Gasteiger partial charge in [0.25, 0.3) is 0 Å². The zero-order valence-electron chi connectivity index (χ0n) is 9.63. The van der Waals surface area contributed by atoms with Crippen LogP contribution in [0.2, 0.25) is 0 Å². The summed E-state index contributed by atoms with van der Waals surface area (Å²) in [5, 5.41) is 0. The lowest BCUT2D eigenvalue weighted by Gasteiger charge is -2.21. The van der Waals surface area contributed by atoms with Gasteiger partial charge in [0, 0.05) is 10.0 Å². The molecule has 0 N–H and O–H groups in total. The van der Waals surface area contributed by atoms with Gasteiger partial charge >= 0.3 is 0 Å². The van der Waals surface area contributed by atoms with Crippen molar-refractivity contribution in [2.24, 2.45) is 0 Å². The van der Waals surface area contributed by atoms with E-state index in [4.69, 9.17) is 4.74 Å². The van der Waals surface area contributed by atoms with Crippen LogP contribution < -0.4 is 4.74 Å². The van der Waals surface area contributed by atoms with Crippen LogP contribution in [0.25, 0.3) is 5.57 Å². The zero-order chi connectivity index (χ0) is 11.4. The fourth-order valence-corrected chi connectivity index (χ4v) is 2.56. The molecule has 0 aliphatic carbocycles. The SMILES string of the molecule is CCCCCC1=C(Br)COc2ccccc21. The summed E-state index contributed by atoms with van der Waals surface area (Å²) in [5.74, 6) is 1.03. The Balaban J connectivity index is 2.20. The van der Waals surface area contributed by atoms with Gasteiger partial charge in [-0.2, -0.15) is 0 Å². The number of ether oxygens (including phenoxy) is 1. The Morgan fingerprint density at radius 2 is 2.06 bits per heavy atom. The molecule has 1 aromatic carbocycles. The lowest BCUT2D eigenvalue weighted by molar-refractivity contribution is 0.354. The molecule has 2 rings (SSSR count). The fraction of sp³-hybridized carbons (Fsp3) is 0.429. The second-order valence-electron chi connectivity index (χ2n) is 4.13. The summed E-state index contributed by atoms with van der Waals surface area (Å²) in [4.78, 5) is 0. The number of para-hydroxylation sites is 1. The van der Waals surface area contributed by atoms with E-state index in [0.29, 0.717) is 6.61 Å². The fourth-order valence-electron chi connectivity index (χ4n) is 2.04. The molecule has 0 amide bonds. The van der Waals surface area contributed by atoms with E-state index in [-0.39, 0.29) is 0 Å². The Morgan fingerprint density at radius 3 is 2.88 bits per heavy atom. The van der Waals surface area contributed by atoms with Crippen molar-refractivity contribution < 1.29 is 4.74 Å². The molecule has 0 radical (unpaired) electrons. The molecule has 0 atom stereocenters. The third kappa shape index (κ3) is 2.49. The molecule has 0 saturated carbocycles. The lowest BCUT2D eigenvalue weighted by atomic mass is 9.97. The van der Waals surface area contributed by atoms with E-state index in [9.17, 15) is 0 Å². The first kappa shape index (κ1) is 11.7. The van der Waals surface area contributed by atoms with Crippen molar-refractivity contribution in [1.82, 2.24) is 0 Å². The number of hydrogen-bond donors (Lipinski definition) is 0. The van der Waals surface area contributed by atoms with Crippen molar-refractivity contribution in [2.45, 2.75) is 32.6 Å². The molecular formula is C14H17BrO. The van der Waals surface area contributed by atoms with Gasteiger partial charge < -0.3 is 4.74 Å². The van der Waals surface area contributed by atoms with Crippen LogP contribution in [-0.2, 0) is 0 Å². The highest BCUT2D eigenvalue weighted by Crippen LogP contribution is 2.37. The van der Waals surface area contributed by atoms with Gasteiger partial charge in [-0.25, -0.2) is 0 Å². The monoisotopic (exact) mass is 280 g/mol. The molecule has 1 aromatic rings. The normalized spacial score (nSPS) is 14.6. The predicted molar refractivity (Wildman–Crippen MR) is 71.9 cm³/mol. The van der Waals surface area contributed by atoms with E-state index in [1.54, 1.807) is 0 Å². The summed E-state index contributed by atoms with van der Waals surface area (Å²) in [6, 6.07) is 8.31. The molecule has 86 valence electrons. The molecule has 1 aliphatic heterocycles. The minimum Gasteiger partial charge on any atom is -0.488 e. The number of halogens is 1. The van der Waals surface area contributed by atoms with E-state index in [2.05, 4.69) is 41.1 Å². The second-order valence-corrected chi connectivity index (χ2v) is 5.08. The average molecular weight is 281 g/mol. The summed E-state index contributed by atoms with van der Waals surface area (Å²) in [5.41, 5.74) is 2.69. The molecule has 2 heteroatoms. The Bertz CT molecular complexity index is 395. The predicted octanol–water partition coefficient (Wildman–Crippen LogP) is 4.77. The van der Waals surface area contributed by atoms with Crippen LogP contribution >= 0.6 is 15.9 Å². The van der Waals surface area contributed by atoms with Crippen LogP contribution in [0.5, 0.6) is 5.75 Å². The molecule has 0 spiro atoms. The first-order valence-electron chi connectivity index (χ1n) is 5.92. The van der Waals surface area contributed by atoms with Gasteiger partial charge in [0.15, 0.2) is 0 Å². The quantitative estimate of drug-likeness (QED) is 0.723. The average Bonchev–Trinajstić information content (AvgIpc) is 2.32. The number of hydrogen-bond acceptors (Lipinski definition) is 1. The van der Waals surface area contributed by atoms with E-state index in [0.717, 1.165) is 12.2 Å². The molecule has 0 fully saturated rings. The van der Waals surface area contributed by atoms with Crippen molar-refractivity contribution >= 4 is 21.5 Å². The van der Waals surface area contributed by atoms with Crippen molar-refractivity contribution in [2.75, 3.05) is 6.61 Å². The van der Waals surface area contributed by atoms with Gasteiger partial charge in [-0.15, -0.1) is 0 Å². The van der Waals surface area contributed by atoms with Crippen LogP contribution in [0.1, 0.15) is 38.2 Å². The highest BCUT2D eigenvalue weighted by molar-refractivity contribution is 9.11. The standard InChI is InChI=1S/C14H17BrO/c1-2-3-4-7-11-12-8-5-6-9-14(12)16-10-13(11)15/h5-6,8-9H,2-4,7,10H2,1H3. The maximum Gasteiger partial charge on any atom is 0.127 e. The van der Waals surface area contributed by atoms with Crippen molar-refractivity contribution in [3.63, 3.8) is 0 Å². The molecule has 0 bridgehead atoms. The van der Waals surface area contributed by atoms with Gasteiger partial charge in [-0.1, -0.05) is 53.9 Å². The zero-order valence-corrected chi connectivity index (χ0v) is 11.2. The summed E-state index contributed by atoms with van der Waals surface area (Å²) in [6.45, 7) is 2.92. The number of allylic oxidation sites excluding steroid dienone is 1. The van der Waals surface area contributed by atoms with Gasteiger partial charge in [0.2, 0.25) is 0 Å². The minimum absolute atomic E-state index is 0.679. The first-order chi connectivity index (χ1) is 7.83. The summed E-state index contributed by atoms with van der Waals surface area (Å²) < 4.78 is 6.88. The highest BCUT2D eigenvalue weighted by Gasteiger charge is 2.17. The molecule has 0 unspecified atom stereocenters. The maximum absolute atomic E-state index is 5.67. The van der Waals surface area contributed by atoms with Gasteiger partial charge in [0.05, 0.1) is 0 Å². The first-order valence-corrected chi connectivity index (χ1v) is 6.72. The molecule has 16 heavy (non-hydrogen) atoms. The maximum atomic E-state index is 5.67. The molecule has 1 aliphatic rings. The van der Waals surface area contributed by atoms with Gasteiger partial charge in [0.1, 0.15) is 12.4 Å². The minimum atomic E-state index is 0.679. The van der Waals surface area contributed by atoms with Crippen molar-refractivity contribution in [1.29, 1.82) is 0 Å². The van der Waals surface area contributed by atoms with Crippen LogP contribution in [0, 0.1) is 0 Å². The van der Waals surface area contributed by atoms with Gasteiger partial charge in [-0.3, -0.25) is 0 Å². The highest BCUT2D eigenvalue weighted by atomic mass is 79.9. The Kier molecular flexibility index (Phi) is 4.05. The number of rotatable bonds is 4. The Morgan fingerprint density at radius 1 is 1.25 bits per heavy atom. The smallest absolute Gasteiger partial charge is 0.127 e. The lowest BCUT2D eigenvalue weighted by Crippen LogP contribution is -2.08. The third-order valence-electron chi connectivity index (χ3n) is 2.92. The van der Waals surface area contributed by atoms with Crippen molar-refractivity contribution in [3.8, 4) is 5.75 Å². The van der Waals surface area contributed by atoms with Crippen LogP contribution in [-0.4, -0.2) is 6.61 Å². The topological polar surface area (TPSA) is 9.23 Å². The molecule has 1 heterocycles. The van der Waals surface area contributed by atoms with Crippen LogP contribution in [0.15, 0.2) is 28.7 Å². The number of fused-ring (bicyclic) bond motifs is 1. The molecule has 0 saturated heterocycles. The van der Waals surface area contributed by atoms with E-state index >= 15 is 0 Å². The largest absolute Gasteiger partial charge is 0.488 e. The summed E-state index contributed by atoms with van der Waals surface area (Å²) >= 11 is 3.63. The number of unbranched alkanes of at least 4 members (excludes halogenated alkanes) is 2. The van der Waals surface area contributed by atoms with E-state index in [1.807, 2.05) is 6.07 Å². The summed E-state index contributed by atoms with van der Waals surface area (Å²) in [6.07, 6.45) is 4.97. The molecular weight excluding hydrogens is 264 g/mol. The second kappa shape index (κ2) is 5.53. The Hall–Kier alpha value is -0.760. The Labute approximate surface area is 106 Å². The van der Waals surface area contributed by atoms with Crippen molar-refractivity contribution in [3.05, 3.63) is 34.3 Å². The van der Waals surface area contributed by atoms with E-state index in [1.165, 1.54) is 34.9 Å². The molecule has 1 nitrogen and oxygen atoms in total. The number of benzene rings is 1. The van der Waals surface area contributed by atoms with Gasteiger partial charge in [-0.05, 0) is 24.5 Å². The van der Waals surface area contributed by atoms with Crippen LogP contribution in [0.3, 0.4) is 0 Å². The molecule has 0 aromatic heterocycles. The van der Waals surface area contributed by atoms with E-state index < -0.39 is 0 Å². The third-order valence-corrected chi connectivity index (χ3v) is 3.63. The van der Waals surface area contributed by atoms with Crippen LogP contribution in [0.4, 0.5) is 0 Å². The summed E-state index contributed by atoms with van der Waals surface area (Å²) in [7, 11) is 0.